The van der Waals surface area contributed by atoms with Gasteiger partial charge in [-0.05, 0) is 42.5 Å². The lowest BCUT2D eigenvalue weighted by Gasteiger charge is -2.07. The van der Waals surface area contributed by atoms with Gasteiger partial charge in [0.2, 0.25) is 0 Å². The number of nitrogens with one attached hydrogen (secondary N) is 2. The van der Waals surface area contributed by atoms with Crippen LogP contribution in [0, 0.1) is 0 Å². The Morgan fingerprint density at radius 2 is 1.72 bits per heavy atom. The van der Waals surface area contributed by atoms with E-state index in [1.807, 2.05) is 0 Å². The summed E-state index contributed by atoms with van der Waals surface area (Å²) >= 11 is 3.29. The maximum Gasteiger partial charge on any atom is 0.269 e. The number of hydrazine groups is 1. The maximum atomic E-state index is 11.9. The molecule has 0 bridgehead atoms. The molecule has 0 radical (unpaired) electrons. The lowest BCUT2D eigenvalue weighted by atomic mass is 10.1. The third-order valence-electron chi connectivity index (χ3n) is 3.26. The Bertz CT molecular complexity index is 788. The second kappa shape index (κ2) is 8.89. The highest BCUT2D eigenvalue weighted by Crippen LogP contribution is 2.25. The van der Waals surface area contributed by atoms with Crippen molar-refractivity contribution in [2.75, 3.05) is 14.2 Å². The zero-order valence-corrected chi connectivity index (χ0v) is 15.3. The highest BCUT2D eigenvalue weighted by atomic mass is 79.9. The monoisotopic (exact) mass is 404 g/mol. The van der Waals surface area contributed by atoms with Crippen molar-refractivity contribution in [3.63, 3.8) is 0 Å². The molecule has 2 aromatic rings. The van der Waals surface area contributed by atoms with Gasteiger partial charge in [-0.1, -0.05) is 15.9 Å². The zero-order valence-electron chi connectivity index (χ0n) is 13.7. The van der Waals surface area contributed by atoms with E-state index in [-0.39, 0.29) is 0 Å². The van der Waals surface area contributed by atoms with Gasteiger partial charge >= 0.3 is 0 Å². The predicted octanol–water partition coefficient (Wildman–Crippen LogP) is 2.94. The van der Waals surface area contributed by atoms with Gasteiger partial charge in [0.25, 0.3) is 11.8 Å². The minimum absolute atomic E-state index is 0.406. The van der Waals surface area contributed by atoms with Gasteiger partial charge in [-0.15, -0.1) is 0 Å². The van der Waals surface area contributed by atoms with Crippen molar-refractivity contribution in [2.45, 2.75) is 0 Å². The molecule has 2 rings (SSSR count). The molecule has 0 saturated carbocycles. The summed E-state index contributed by atoms with van der Waals surface area (Å²) in [5.74, 6) is 0.349. The number of methoxy groups -OCH3 is 2. The van der Waals surface area contributed by atoms with Crippen LogP contribution in [0.2, 0.25) is 0 Å². The molecule has 6 nitrogen and oxygen atoms in total. The summed E-state index contributed by atoms with van der Waals surface area (Å²) in [7, 11) is 3.09. The fourth-order valence-corrected chi connectivity index (χ4v) is 2.22. The molecule has 2 N–H and O–H groups in total. The normalized spacial score (nSPS) is 10.4. The minimum Gasteiger partial charge on any atom is -0.497 e. The van der Waals surface area contributed by atoms with Crippen LogP contribution in [0.25, 0.3) is 6.08 Å². The Morgan fingerprint density at radius 1 is 1.00 bits per heavy atom. The van der Waals surface area contributed by atoms with Crippen molar-refractivity contribution in [1.29, 1.82) is 0 Å². The molecule has 0 aliphatic heterocycles. The van der Waals surface area contributed by atoms with Crippen LogP contribution in [-0.2, 0) is 4.79 Å². The molecule has 7 heteroatoms. The average Bonchev–Trinajstić information content (AvgIpc) is 2.64. The maximum absolute atomic E-state index is 11.9. The number of halogens is 1. The Kier molecular flexibility index (Phi) is 6.59. The summed E-state index contributed by atoms with van der Waals surface area (Å²) in [5.41, 5.74) is 5.81. The quantitative estimate of drug-likeness (QED) is 0.593. The van der Waals surface area contributed by atoms with Gasteiger partial charge in [0.1, 0.15) is 11.5 Å². The van der Waals surface area contributed by atoms with Gasteiger partial charge in [-0.2, -0.15) is 0 Å². The first kappa shape index (κ1) is 18.5. The van der Waals surface area contributed by atoms with E-state index in [2.05, 4.69) is 26.8 Å². The second-order valence-corrected chi connectivity index (χ2v) is 5.81. The standard InChI is InChI=1S/C18H17BrN2O4/c1-24-15-9-5-12(16(11-15)25-2)6-10-17(22)20-21-18(23)13-3-7-14(19)8-4-13/h3-11H,1-2H3,(H,20,22)(H,21,23)/b10-6+. The smallest absolute Gasteiger partial charge is 0.269 e. The van der Waals surface area contributed by atoms with Gasteiger partial charge in [-0.25, -0.2) is 0 Å². The van der Waals surface area contributed by atoms with E-state index in [1.54, 1.807) is 55.7 Å². The molecule has 0 aromatic heterocycles. The summed E-state index contributed by atoms with van der Waals surface area (Å²) in [4.78, 5) is 23.7. The fourth-order valence-electron chi connectivity index (χ4n) is 1.96. The molecule has 0 aliphatic carbocycles. The number of hydrogen-bond acceptors (Lipinski definition) is 4. The highest BCUT2D eigenvalue weighted by Gasteiger charge is 2.06. The molecule has 0 heterocycles. The van der Waals surface area contributed by atoms with E-state index in [4.69, 9.17) is 9.47 Å². The molecule has 0 atom stereocenters. The summed E-state index contributed by atoms with van der Waals surface area (Å²) in [6, 6.07) is 12.0. The van der Waals surface area contributed by atoms with Gasteiger partial charge in [0.05, 0.1) is 14.2 Å². The van der Waals surface area contributed by atoms with Crippen molar-refractivity contribution in [2.24, 2.45) is 0 Å². The van der Waals surface area contributed by atoms with Crippen molar-refractivity contribution >= 4 is 33.8 Å². The molecule has 0 aliphatic rings. The second-order valence-electron chi connectivity index (χ2n) is 4.89. The third-order valence-corrected chi connectivity index (χ3v) is 3.79. The molecule has 0 saturated heterocycles. The zero-order chi connectivity index (χ0) is 18.2. The lowest BCUT2D eigenvalue weighted by molar-refractivity contribution is -0.117. The average molecular weight is 405 g/mol. The third kappa shape index (κ3) is 5.36. The van der Waals surface area contributed by atoms with Crippen LogP contribution in [-0.4, -0.2) is 26.0 Å². The van der Waals surface area contributed by atoms with Crippen molar-refractivity contribution in [3.8, 4) is 11.5 Å². The van der Waals surface area contributed by atoms with Crippen LogP contribution >= 0.6 is 15.9 Å². The van der Waals surface area contributed by atoms with E-state index in [1.165, 1.54) is 13.2 Å². The van der Waals surface area contributed by atoms with E-state index < -0.39 is 11.8 Å². The molecular weight excluding hydrogens is 388 g/mol. The number of amides is 2. The summed E-state index contributed by atoms with van der Waals surface area (Å²) < 4.78 is 11.2. The predicted molar refractivity (Wildman–Crippen MR) is 98.3 cm³/mol. The number of rotatable bonds is 5. The summed E-state index contributed by atoms with van der Waals surface area (Å²) in [6.45, 7) is 0. The molecule has 2 amide bonds. The van der Waals surface area contributed by atoms with Gasteiger partial charge in [0, 0.05) is 27.7 Å². The minimum atomic E-state index is -0.469. The van der Waals surface area contributed by atoms with Crippen LogP contribution in [0.15, 0.2) is 53.0 Å². The SMILES string of the molecule is COc1ccc(/C=C/C(=O)NNC(=O)c2ccc(Br)cc2)c(OC)c1. The van der Waals surface area contributed by atoms with Gasteiger partial charge in [-0.3, -0.25) is 20.4 Å². The van der Waals surface area contributed by atoms with E-state index >= 15 is 0 Å². The van der Waals surface area contributed by atoms with Crippen molar-refractivity contribution in [3.05, 3.63) is 64.1 Å². The van der Waals surface area contributed by atoms with Gasteiger partial charge in [0.15, 0.2) is 0 Å². The van der Waals surface area contributed by atoms with Crippen LogP contribution in [0.3, 0.4) is 0 Å². The highest BCUT2D eigenvalue weighted by molar-refractivity contribution is 9.10. The Labute approximate surface area is 153 Å². The number of carbonyl (C=O) groups excluding carboxylic acids is 2. The molecule has 25 heavy (non-hydrogen) atoms. The molecule has 0 fully saturated rings. The summed E-state index contributed by atoms with van der Waals surface area (Å²) in [6.07, 6.45) is 2.88. The number of carbonyl (C=O) groups is 2. The van der Waals surface area contributed by atoms with Gasteiger partial charge < -0.3 is 9.47 Å². The fraction of sp³-hybridized carbons (Fsp3) is 0.111. The molecular formula is C18H17BrN2O4. The number of ether oxygens (including phenoxy) is 2. The number of benzene rings is 2. The Hall–Kier alpha value is -2.80. The lowest BCUT2D eigenvalue weighted by Crippen LogP contribution is -2.40. The van der Waals surface area contributed by atoms with E-state index in [0.717, 1.165) is 4.47 Å². The Morgan fingerprint density at radius 3 is 2.36 bits per heavy atom. The first-order chi connectivity index (χ1) is 12.0. The van der Waals surface area contributed by atoms with Crippen LogP contribution in [0.4, 0.5) is 0 Å². The molecule has 2 aromatic carbocycles. The van der Waals surface area contributed by atoms with Crippen LogP contribution in [0.1, 0.15) is 15.9 Å². The Balaban J connectivity index is 1.94. The topological polar surface area (TPSA) is 76.7 Å². The van der Waals surface area contributed by atoms with E-state index in [0.29, 0.717) is 22.6 Å². The first-order valence-electron chi connectivity index (χ1n) is 7.29. The summed E-state index contributed by atoms with van der Waals surface area (Å²) in [5, 5.41) is 0. The molecule has 130 valence electrons. The largest absolute Gasteiger partial charge is 0.497 e. The molecule has 0 spiro atoms. The molecule has 0 unspecified atom stereocenters. The van der Waals surface area contributed by atoms with Crippen LogP contribution < -0.4 is 20.3 Å². The van der Waals surface area contributed by atoms with Crippen LogP contribution in [0.5, 0.6) is 11.5 Å². The number of hydrogen-bond donors (Lipinski definition) is 2. The van der Waals surface area contributed by atoms with Crippen molar-refractivity contribution < 1.29 is 19.1 Å². The first-order valence-corrected chi connectivity index (χ1v) is 8.09. The van der Waals surface area contributed by atoms with Crippen molar-refractivity contribution in [1.82, 2.24) is 10.9 Å². The van der Waals surface area contributed by atoms with E-state index in [9.17, 15) is 9.59 Å².